The molecule has 3 rings (SSSR count). The number of aromatic nitrogens is 2. The molecule has 2 fully saturated rings. The number of carbonyl (C=O) groups is 1. The molecule has 2 heterocycles. The van der Waals surface area contributed by atoms with Crippen molar-refractivity contribution in [3.63, 3.8) is 0 Å². The zero-order valence-electron chi connectivity index (χ0n) is 12.8. The molecule has 0 aromatic carbocycles. The SMILES string of the molecule is Cn1cc(Br)nc1C1(OCC(=O)O)CCC2(CCNCC2)C1. The molecule has 2 N–H and O–H groups in total. The number of aliphatic carboxylic acids is 1. The fourth-order valence-electron chi connectivity index (χ4n) is 4.07. The number of nitrogens with zero attached hydrogens (tertiary/aromatic N) is 2. The predicted octanol–water partition coefficient (Wildman–Crippen LogP) is 2.03. The molecular formula is C15H22BrN3O3. The van der Waals surface area contributed by atoms with Crippen LogP contribution in [0.5, 0.6) is 0 Å². The van der Waals surface area contributed by atoms with Crippen LogP contribution in [0.2, 0.25) is 0 Å². The number of hydrogen-bond donors (Lipinski definition) is 2. The minimum absolute atomic E-state index is 0.252. The smallest absolute Gasteiger partial charge is 0.329 e. The molecule has 1 spiro atoms. The Kier molecular flexibility index (Phi) is 4.31. The van der Waals surface area contributed by atoms with Gasteiger partial charge in [0.15, 0.2) is 0 Å². The van der Waals surface area contributed by atoms with Gasteiger partial charge in [-0.15, -0.1) is 0 Å². The molecule has 122 valence electrons. The van der Waals surface area contributed by atoms with Crippen LogP contribution in [0.25, 0.3) is 0 Å². The second-order valence-electron chi connectivity index (χ2n) is 6.60. The first-order chi connectivity index (χ1) is 10.4. The molecular weight excluding hydrogens is 350 g/mol. The number of halogens is 1. The summed E-state index contributed by atoms with van der Waals surface area (Å²) in [4.78, 5) is 15.6. The Morgan fingerprint density at radius 3 is 2.77 bits per heavy atom. The first-order valence-electron chi connectivity index (χ1n) is 7.71. The normalized spacial score (nSPS) is 27.4. The number of ether oxygens (including phenoxy) is 1. The lowest BCUT2D eigenvalue weighted by Crippen LogP contribution is -2.38. The highest BCUT2D eigenvalue weighted by molar-refractivity contribution is 9.10. The number of piperidine rings is 1. The molecule has 1 atom stereocenters. The summed E-state index contributed by atoms with van der Waals surface area (Å²) >= 11 is 3.41. The van der Waals surface area contributed by atoms with Crippen LogP contribution in [0.15, 0.2) is 10.8 Å². The van der Waals surface area contributed by atoms with Gasteiger partial charge in [-0.2, -0.15) is 0 Å². The number of carboxylic acid groups (broad SMARTS) is 1. The van der Waals surface area contributed by atoms with E-state index in [1.807, 2.05) is 17.8 Å². The maximum Gasteiger partial charge on any atom is 0.329 e. The van der Waals surface area contributed by atoms with Crippen molar-refractivity contribution in [2.75, 3.05) is 19.7 Å². The van der Waals surface area contributed by atoms with E-state index in [9.17, 15) is 4.79 Å². The summed E-state index contributed by atoms with van der Waals surface area (Å²) in [6.07, 6.45) is 6.89. The molecule has 0 amide bonds. The molecule has 22 heavy (non-hydrogen) atoms. The Balaban J connectivity index is 1.91. The van der Waals surface area contributed by atoms with Gasteiger partial charge < -0.3 is 19.7 Å². The minimum Gasteiger partial charge on any atom is -0.480 e. The van der Waals surface area contributed by atoms with Crippen LogP contribution >= 0.6 is 15.9 Å². The van der Waals surface area contributed by atoms with Gasteiger partial charge in [-0.1, -0.05) is 0 Å². The second kappa shape index (κ2) is 5.94. The summed E-state index contributed by atoms with van der Waals surface area (Å²) < 4.78 is 8.64. The third kappa shape index (κ3) is 2.94. The lowest BCUT2D eigenvalue weighted by molar-refractivity contribution is -0.152. The molecule has 1 aromatic rings. The van der Waals surface area contributed by atoms with E-state index in [2.05, 4.69) is 26.2 Å². The van der Waals surface area contributed by atoms with Gasteiger partial charge in [0.1, 0.15) is 22.6 Å². The average Bonchev–Trinajstić information content (AvgIpc) is 3.00. The largest absolute Gasteiger partial charge is 0.480 e. The van der Waals surface area contributed by atoms with E-state index in [1.165, 1.54) is 0 Å². The van der Waals surface area contributed by atoms with Crippen LogP contribution in [-0.4, -0.2) is 40.3 Å². The van der Waals surface area contributed by atoms with Gasteiger partial charge in [-0.3, -0.25) is 0 Å². The van der Waals surface area contributed by atoms with Gasteiger partial charge in [0.2, 0.25) is 0 Å². The number of hydrogen-bond acceptors (Lipinski definition) is 4. The number of aryl methyl sites for hydroxylation is 1. The Morgan fingerprint density at radius 1 is 1.45 bits per heavy atom. The fraction of sp³-hybridized carbons (Fsp3) is 0.733. The van der Waals surface area contributed by atoms with Crippen molar-refractivity contribution in [3.05, 3.63) is 16.6 Å². The topological polar surface area (TPSA) is 76.4 Å². The summed E-state index contributed by atoms with van der Waals surface area (Å²) in [6, 6.07) is 0. The molecule has 2 aliphatic rings. The van der Waals surface area contributed by atoms with Crippen molar-refractivity contribution >= 4 is 21.9 Å². The van der Waals surface area contributed by atoms with Crippen LogP contribution in [0.4, 0.5) is 0 Å². The van der Waals surface area contributed by atoms with E-state index in [0.29, 0.717) is 0 Å². The van der Waals surface area contributed by atoms with Crippen molar-refractivity contribution in [2.24, 2.45) is 12.5 Å². The molecule has 1 saturated carbocycles. The van der Waals surface area contributed by atoms with Crippen LogP contribution < -0.4 is 5.32 Å². The van der Waals surface area contributed by atoms with Gasteiger partial charge in [0, 0.05) is 13.2 Å². The van der Waals surface area contributed by atoms with Crippen LogP contribution in [0, 0.1) is 5.41 Å². The van der Waals surface area contributed by atoms with Crippen LogP contribution in [-0.2, 0) is 22.2 Å². The van der Waals surface area contributed by atoms with Crippen LogP contribution in [0.1, 0.15) is 37.9 Å². The van der Waals surface area contributed by atoms with Crippen molar-refractivity contribution in [2.45, 2.75) is 37.7 Å². The molecule has 6 nitrogen and oxygen atoms in total. The first-order valence-corrected chi connectivity index (χ1v) is 8.50. The molecule has 7 heteroatoms. The average molecular weight is 372 g/mol. The van der Waals surface area contributed by atoms with E-state index < -0.39 is 11.6 Å². The molecule has 1 aliphatic heterocycles. The summed E-state index contributed by atoms with van der Waals surface area (Å²) in [7, 11) is 1.94. The summed E-state index contributed by atoms with van der Waals surface area (Å²) in [6.45, 7) is 1.78. The van der Waals surface area contributed by atoms with E-state index in [0.717, 1.165) is 55.6 Å². The van der Waals surface area contributed by atoms with Crippen LogP contribution in [0.3, 0.4) is 0 Å². The number of rotatable bonds is 4. The van der Waals surface area contributed by atoms with Crippen molar-refractivity contribution in [3.8, 4) is 0 Å². The molecule has 1 unspecified atom stereocenters. The monoisotopic (exact) mass is 371 g/mol. The summed E-state index contributed by atoms with van der Waals surface area (Å²) in [5.41, 5.74) is -0.335. The quantitative estimate of drug-likeness (QED) is 0.846. The molecule has 1 saturated heterocycles. The fourth-order valence-corrected chi connectivity index (χ4v) is 4.54. The Morgan fingerprint density at radius 2 is 2.18 bits per heavy atom. The van der Waals surface area contributed by atoms with E-state index in [1.54, 1.807) is 0 Å². The zero-order chi connectivity index (χ0) is 15.8. The number of imidazole rings is 1. The van der Waals surface area contributed by atoms with Crippen molar-refractivity contribution in [1.82, 2.24) is 14.9 Å². The van der Waals surface area contributed by atoms with Gasteiger partial charge in [0.25, 0.3) is 0 Å². The Bertz CT molecular complexity index is 568. The number of nitrogens with one attached hydrogen (secondary N) is 1. The third-order valence-corrected chi connectivity index (χ3v) is 5.49. The number of carboxylic acids is 1. The van der Waals surface area contributed by atoms with Crippen molar-refractivity contribution in [1.29, 1.82) is 0 Å². The standard InChI is InChI=1S/C15H22BrN3O3/c1-19-8-11(16)18-13(19)15(22-9-12(20)21)3-2-14(10-15)4-6-17-7-5-14/h8,17H,2-7,9-10H2,1H3,(H,20,21). The highest BCUT2D eigenvalue weighted by Gasteiger charge is 2.52. The highest BCUT2D eigenvalue weighted by Crippen LogP contribution is 2.55. The Labute approximate surface area is 138 Å². The van der Waals surface area contributed by atoms with E-state index in [-0.39, 0.29) is 12.0 Å². The van der Waals surface area contributed by atoms with Crippen molar-refractivity contribution < 1.29 is 14.6 Å². The summed E-state index contributed by atoms with van der Waals surface area (Å²) in [5.74, 6) is -0.102. The minimum atomic E-state index is -0.932. The maximum absolute atomic E-state index is 11.0. The molecule has 0 bridgehead atoms. The summed E-state index contributed by atoms with van der Waals surface area (Å²) in [5, 5.41) is 12.4. The van der Waals surface area contributed by atoms with Gasteiger partial charge in [0.05, 0.1) is 0 Å². The zero-order valence-corrected chi connectivity index (χ0v) is 14.4. The van der Waals surface area contributed by atoms with Gasteiger partial charge in [-0.25, -0.2) is 9.78 Å². The first kappa shape index (κ1) is 16.0. The van der Waals surface area contributed by atoms with E-state index >= 15 is 0 Å². The van der Waals surface area contributed by atoms with Gasteiger partial charge in [-0.05, 0) is 66.5 Å². The van der Waals surface area contributed by atoms with Gasteiger partial charge >= 0.3 is 5.97 Å². The molecule has 1 aromatic heterocycles. The maximum atomic E-state index is 11.0. The third-order valence-electron chi connectivity index (χ3n) is 5.11. The highest BCUT2D eigenvalue weighted by atomic mass is 79.9. The second-order valence-corrected chi connectivity index (χ2v) is 7.41. The lowest BCUT2D eigenvalue weighted by atomic mass is 9.76. The predicted molar refractivity (Wildman–Crippen MR) is 84.6 cm³/mol. The molecule has 0 radical (unpaired) electrons. The lowest BCUT2D eigenvalue weighted by Gasteiger charge is -2.36. The molecule has 1 aliphatic carbocycles. The van der Waals surface area contributed by atoms with E-state index in [4.69, 9.17) is 9.84 Å². The Hall–Kier alpha value is -0.920.